The number of halogens is 2. The van der Waals surface area contributed by atoms with Crippen LogP contribution in [0.2, 0.25) is 10.2 Å². The van der Waals surface area contributed by atoms with E-state index in [2.05, 4.69) is 10.3 Å². The van der Waals surface area contributed by atoms with Crippen molar-refractivity contribution in [2.75, 3.05) is 6.54 Å². The molecule has 0 saturated carbocycles. The topological polar surface area (TPSA) is 79.3 Å². The minimum Gasteiger partial charge on any atom is -0.481 e. The van der Waals surface area contributed by atoms with Crippen LogP contribution in [-0.2, 0) is 4.79 Å². The number of unbranched alkanes of at least 4 members (excludes halogenated alkanes) is 2. The average Bonchev–Trinajstić information content (AvgIpc) is 2.36. The number of nitrogens with one attached hydrogen (secondary N) is 1. The van der Waals surface area contributed by atoms with Gasteiger partial charge >= 0.3 is 5.97 Å². The lowest BCUT2D eigenvalue weighted by atomic mass is 10.2. The fourth-order valence-electron chi connectivity index (χ4n) is 1.46. The largest absolute Gasteiger partial charge is 0.481 e. The quantitative estimate of drug-likeness (QED) is 0.599. The van der Waals surface area contributed by atoms with Crippen molar-refractivity contribution >= 4 is 35.1 Å². The number of nitrogens with zero attached hydrogens (tertiary/aromatic N) is 1. The molecule has 0 spiro atoms. The van der Waals surface area contributed by atoms with Gasteiger partial charge in [-0.3, -0.25) is 9.59 Å². The van der Waals surface area contributed by atoms with Crippen molar-refractivity contribution in [2.45, 2.75) is 25.7 Å². The maximum atomic E-state index is 11.8. The van der Waals surface area contributed by atoms with Crippen LogP contribution in [0.3, 0.4) is 0 Å². The highest BCUT2D eigenvalue weighted by Crippen LogP contribution is 2.17. The minimum absolute atomic E-state index is 0.153. The molecule has 0 aliphatic carbocycles. The molecule has 1 aromatic rings. The molecule has 5 nitrogen and oxygen atoms in total. The van der Waals surface area contributed by atoms with E-state index in [4.69, 9.17) is 28.3 Å². The van der Waals surface area contributed by atoms with Crippen molar-refractivity contribution in [2.24, 2.45) is 0 Å². The van der Waals surface area contributed by atoms with Crippen LogP contribution >= 0.6 is 23.2 Å². The van der Waals surface area contributed by atoms with E-state index in [0.29, 0.717) is 13.0 Å². The Morgan fingerprint density at radius 2 is 2.00 bits per heavy atom. The summed E-state index contributed by atoms with van der Waals surface area (Å²) in [5.41, 5.74) is 0.284. The fraction of sp³-hybridized carbons (Fsp3) is 0.417. The molecule has 1 amide bonds. The summed E-state index contributed by atoms with van der Waals surface area (Å²) < 4.78 is 0. The predicted octanol–water partition coefficient (Wildman–Crippen LogP) is 2.76. The van der Waals surface area contributed by atoms with Gasteiger partial charge in [-0.05, 0) is 18.9 Å². The Morgan fingerprint density at radius 1 is 1.26 bits per heavy atom. The molecule has 2 N–H and O–H groups in total. The van der Waals surface area contributed by atoms with Gasteiger partial charge in [0.1, 0.15) is 5.15 Å². The summed E-state index contributed by atoms with van der Waals surface area (Å²) in [7, 11) is 0. The van der Waals surface area contributed by atoms with Crippen molar-refractivity contribution in [1.82, 2.24) is 10.3 Å². The number of carboxylic acids is 1. The first-order valence-corrected chi connectivity index (χ1v) is 6.57. The van der Waals surface area contributed by atoms with Crippen molar-refractivity contribution in [1.29, 1.82) is 0 Å². The van der Waals surface area contributed by atoms with E-state index in [1.54, 1.807) is 0 Å². The molecule has 0 radical (unpaired) electrons. The van der Waals surface area contributed by atoms with Gasteiger partial charge in [-0.1, -0.05) is 29.6 Å². The third-order valence-corrected chi connectivity index (χ3v) is 2.93. The van der Waals surface area contributed by atoms with Crippen LogP contribution in [0.15, 0.2) is 12.3 Å². The van der Waals surface area contributed by atoms with E-state index in [-0.39, 0.29) is 28.1 Å². The van der Waals surface area contributed by atoms with Gasteiger partial charge in [-0.15, -0.1) is 0 Å². The summed E-state index contributed by atoms with van der Waals surface area (Å²) in [4.78, 5) is 25.8. The summed E-state index contributed by atoms with van der Waals surface area (Å²) in [6.07, 6.45) is 3.55. The Labute approximate surface area is 120 Å². The molecule has 1 rings (SSSR count). The van der Waals surface area contributed by atoms with Gasteiger partial charge in [-0.25, -0.2) is 4.98 Å². The highest BCUT2D eigenvalue weighted by molar-refractivity contribution is 6.35. The van der Waals surface area contributed by atoms with Crippen LogP contribution in [-0.4, -0.2) is 28.5 Å². The summed E-state index contributed by atoms with van der Waals surface area (Å²) in [5, 5.41) is 11.6. The number of carbonyl (C=O) groups is 2. The number of carbonyl (C=O) groups excluding carboxylic acids is 1. The molecular formula is C12H14Cl2N2O3. The highest BCUT2D eigenvalue weighted by Gasteiger charge is 2.10. The number of rotatable bonds is 7. The Bertz CT molecular complexity index is 466. The van der Waals surface area contributed by atoms with Gasteiger partial charge in [0.2, 0.25) is 0 Å². The van der Waals surface area contributed by atoms with E-state index in [1.165, 1.54) is 12.3 Å². The number of aromatic nitrogens is 1. The van der Waals surface area contributed by atoms with Crippen LogP contribution in [0.5, 0.6) is 0 Å². The molecule has 19 heavy (non-hydrogen) atoms. The van der Waals surface area contributed by atoms with E-state index in [1.807, 2.05) is 0 Å². The fourth-order valence-corrected chi connectivity index (χ4v) is 1.81. The first kappa shape index (κ1) is 15.7. The Hall–Kier alpha value is -1.33. The molecule has 1 aromatic heterocycles. The molecule has 0 unspecified atom stereocenters. The first-order chi connectivity index (χ1) is 9.00. The van der Waals surface area contributed by atoms with Crippen LogP contribution in [0.4, 0.5) is 0 Å². The Balaban J connectivity index is 2.31. The summed E-state index contributed by atoms with van der Waals surface area (Å²) in [6.45, 7) is 0.467. The summed E-state index contributed by atoms with van der Waals surface area (Å²) >= 11 is 11.5. The summed E-state index contributed by atoms with van der Waals surface area (Å²) in [6, 6.07) is 1.41. The molecule has 0 atom stereocenters. The Kier molecular flexibility index (Phi) is 6.59. The lowest BCUT2D eigenvalue weighted by Gasteiger charge is -2.06. The number of hydrogen-bond acceptors (Lipinski definition) is 3. The Morgan fingerprint density at radius 3 is 2.68 bits per heavy atom. The number of amides is 1. The lowest BCUT2D eigenvalue weighted by Crippen LogP contribution is -2.24. The van der Waals surface area contributed by atoms with Crippen LogP contribution in [0.25, 0.3) is 0 Å². The molecule has 0 bridgehead atoms. The maximum absolute atomic E-state index is 11.8. The number of carboxylic acid groups (broad SMARTS) is 1. The average molecular weight is 305 g/mol. The normalized spacial score (nSPS) is 10.2. The zero-order valence-electron chi connectivity index (χ0n) is 10.2. The molecule has 1 heterocycles. The first-order valence-electron chi connectivity index (χ1n) is 5.81. The van der Waals surface area contributed by atoms with Crippen molar-refractivity contribution in [3.63, 3.8) is 0 Å². The van der Waals surface area contributed by atoms with E-state index in [0.717, 1.165) is 12.8 Å². The molecule has 0 saturated heterocycles. The maximum Gasteiger partial charge on any atom is 0.303 e. The second kappa shape index (κ2) is 7.96. The molecule has 0 aromatic carbocycles. The van der Waals surface area contributed by atoms with Gasteiger partial charge in [-0.2, -0.15) is 0 Å². The standard InChI is InChI=1S/C12H14Cl2N2O3/c13-9-7-16-10(14)6-8(9)12(19)15-5-3-1-2-4-11(17)18/h6-7H,1-5H2,(H,15,19)(H,17,18). The van der Waals surface area contributed by atoms with E-state index >= 15 is 0 Å². The van der Waals surface area contributed by atoms with Gasteiger partial charge < -0.3 is 10.4 Å². The minimum atomic E-state index is -0.803. The summed E-state index contributed by atoms with van der Waals surface area (Å²) in [5.74, 6) is -1.12. The highest BCUT2D eigenvalue weighted by atomic mass is 35.5. The van der Waals surface area contributed by atoms with E-state index < -0.39 is 5.97 Å². The van der Waals surface area contributed by atoms with Gasteiger partial charge in [0.15, 0.2) is 0 Å². The zero-order valence-corrected chi connectivity index (χ0v) is 11.7. The van der Waals surface area contributed by atoms with Crippen LogP contribution in [0, 0.1) is 0 Å². The second-order valence-corrected chi connectivity index (χ2v) is 4.74. The molecule has 0 fully saturated rings. The third-order valence-electron chi connectivity index (χ3n) is 2.42. The van der Waals surface area contributed by atoms with Gasteiger partial charge in [0, 0.05) is 19.2 Å². The monoisotopic (exact) mass is 304 g/mol. The van der Waals surface area contributed by atoms with Crippen molar-refractivity contribution in [3.05, 3.63) is 28.0 Å². The molecule has 0 aliphatic rings. The molecular weight excluding hydrogens is 291 g/mol. The van der Waals surface area contributed by atoms with Crippen molar-refractivity contribution < 1.29 is 14.7 Å². The SMILES string of the molecule is O=C(O)CCCCCNC(=O)c1cc(Cl)ncc1Cl. The zero-order chi connectivity index (χ0) is 14.3. The molecule has 104 valence electrons. The molecule has 7 heteroatoms. The lowest BCUT2D eigenvalue weighted by molar-refractivity contribution is -0.137. The number of hydrogen-bond donors (Lipinski definition) is 2. The van der Waals surface area contributed by atoms with E-state index in [9.17, 15) is 9.59 Å². The predicted molar refractivity (Wildman–Crippen MR) is 72.7 cm³/mol. The van der Waals surface area contributed by atoms with Gasteiger partial charge in [0.25, 0.3) is 5.91 Å². The smallest absolute Gasteiger partial charge is 0.303 e. The second-order valence-electron chi connectivity index (χ2n) is 3.95. The third kappa shape index (κ3) is 5.89. The van der Waals surface area contributed by atoms with Crippen LogP contribution in [0.1, 0.15) is 36.0 Å². The molecule has 0 aliphatic heterocycles. The van der Waals surface area contributed by atoms with Crippen LogP contribution < -0.4 is 5.32 Å². The van der Waals surface area contributed by atoms with Crippen molar-refractivity contribution in [3.8, 4) is 0 Å². The van der Waals surface area contributed by atoms with Gasteiger partial charge in [0.05, 0.1) is 10.6 Å². The number of aliphatic carboxylic acids is 1. The number of pyridine rings is 1.